The average molecular weight is 288 g/mol. The molecule has 0 aromatic carbocycles. The van der Waals surface area contributed by atoms with Crippen LogP contribution in [-0.4, -0.2) is 46.3 Å². The Bertz CT molecular complexity index is 528. The molecule has 1 saturated heterocycles. The molecule has 0 aliphatic carbocycles. The number of rotatable bonds is 6. The number of nitrogens with zero attached hydrogens (tertiary/aromatic N) is 5. The van der Waals surface area contributed by atoms with Crippen molar-refractivity contribution >= 4 is 0 Å². The van der Waals surface area contributed by atoms with Gasteiger partial charge in [0.15, 0.2) is 5.82 Å². The topological polar surface area (TPSA) is 102 Å². The molecule has 7 nitrogen and oxygen atoms in total. The van der Waals surface area contributed by atoms with Crippen molar-refractivity contribution in [1.29, 1.82) is 10.5 Å². The first-order chi connectivity index (χ1) is 10.3. The number of hydrogen-bond donors (Lipinski definition) is 1. The third-order valence-corrected chi connectivity index (χ3v) is 3.59. The normalized spacial score (nSPS) is 20.6. The minimum absolute atomic E-state index is 0.109. The van der Waals surface area contributed by atoms with Crippen LogP contribution < -0.4 is 0 Å². The number of aromatic amines is 1. The third kappa shape index (κ3) is 4.25. The molecule has 2 atom stereocenters. The van der Waals surface area contributed by atoms with Crippen molar-refractivity contribution in [2.45, 2.75) is 32.3 Å². The van der Waals surface area contributed by atoms with Crippen LogP contribution in [0.4, 0.5) is 0 Å². The largest absolute Gasteiger partial charge is 0.367 e. The van der Waals surface area contributed by atoms with Gasteiger partial charge in [-0.25, -0.2) is 4.98 Å². The summed E-state index contributed by atoms with van der Waals surface area (Å²) in [6, 6.07) is 4.38. The van der Waals surface area contributed by atoms with E-state index in [9.17, 15) is 0 Å². The summed E-state index contributed by atoms with van der Waals surface area (Å²) in [6.07, 6.45) is 1.71. The van der Waals surface area contributed by atoms with E-state index in [1.807, 2.05) is 6.92 Å². The van der Waals surface area contributed by atoms with Crippen molar-refractivity contribution in [3.8, 4) is 12.1 Å². The van der Waals surface area contributed by atoms with E-state index in [0.29, 0.717) is 38.4 Å². The van der Waals surface area contributed by atoms with Gasteiger partial charge < -0.3 is 4.74 Å². The molecular formula is C14H20N6O. The molecule has 2 heterocycles. The molecule has 1 aliphatic heterocycles. The van der Waals surface area contributed by atoms with Gasteiger partial charge in [-0.2, -0.15) is 15.6 Å². The van der Waals surface area contributed by atoms with E-state index in [-0.39, 0.29) is 12.0 Å². The Hall–Kier alpha value is -1.96. The summed E-state index contributed by atoms with van der Waals surface area (Å²) in [6.45, 7) is 4.78. The van der Waals surface area contributed by atoms with E-state index in [1.165, 1.54) is 0 Å². The predicted octanol–water partition coefficient (Wildman–Crippen LogP) is 1.18. The van der Waals surface area contributed by atoms with Crippen LogP contribution in [0.3, 0.4) is 0 Å². The van der Waals surface area contributed by atoms with Crippen LogP contribution in [0, 0.1) is 28.6 Å². The second-order valence-corrected chi connectivity index (χ2v) is 5.14. The minimum atomic E-state index is -0.148. The molecule has 0 spiro atoms. The summed E-state index contributed by atoms with van der Waals surface area (Å²) in [4.78, 5) is 6.61. The van der Waals surface area contributed by atoms with Crippen molar-refractivity contribution < 1.29 is 4.74 Å². The Morgan fingerprint density at radius 3 is 3.05 bits per heavy atom. The Morgan fingerprint density at radius 2 is 2.38 bits per heavy atom. The monoisotopic (exact) mass is 288 g/mol. The number of aryl methyl sites for hydroxylation is 1. The SMILES string of the molecule is CCc1nc([C@H]2CN(C[C@H](C#N)CCC#N)CCO2)n[nH]1. The van der Waals surface area contributed by atoms with Gasteiger partial charge in [0.1, 0.15) is 11.9 Å². The van der Waals surface area contributed by atoms with Gasteiger partial charge in [0.05, 0.1) is 24.7 Å². The van der Waals surface area contributed by atoms with Crippen molar-refractivity contribution in [3.05, 3.63) is 11.6 Å². The first kappa shape index (κ1) is 15.4. The van der Waals surface area contributed by atoms with Crippen molar-refractivity contribution in [3.63, 3.8) is 0 Å². The number of ether oxygens (including phenoxy) is 1. The summed E-state index contributed by atoms with van der Waals surface area (Å²) in [5.74, 6) is 1.43. The van der Waals surface area contributed by atoms with E-state index in [0.717, 1.165) is 18.8 Å². The molecule has 0 unspecified atom stereocenters. The second kappa shape index (κ2) is 7.72. The van der Waals surface area contributed by atoms with Crippen LogP contribution in [0.1, 0.15) is 37.5 Å². The number of H-pyrrole nitrogens is 1. The minimum Gasteiger partial charge on any atom is -0.367 e. The highest BCUT2D eigenvalue weighted by Crippen LogP contribution is 2.20. The zero-order chi connectivity index (χ0) is 15.1. The summed E-state index contributed by atoms with van der Waals surface area (Å²) >= 11 is 0. The molecule has 0 saturated carbocycles. The van der Waals surface area contributed by atoms with Gasteiger partial charge >= 0.3 is 0 Å². The lowest BCUT2D eigenvalue weighted by Crippen LogP contribution is -2.41. The molecule has 0 radical (unpaired) electrons. The van der Waals surface area contributed by atoms with Crippen LogP contribution in [0.2, 0.25) is 0 Å². The van der Waals surface area contributed by atoms with E-state index in [1.54, 1.807) is 0 Å². The van der Waals surface area contributed by atoms with Gasteiger partial charge in [-0.15, -0.1) is 0 Å². The Balaban J connectivity index is 1.91. The number of nitrogens with one attached hydrogen (secondary N) is 1. The quantitative estimate of drug-likeness (QED) is 0.843. The Morgan fingerprint density at radius 1 is 1.52 bits per heavy atom. The first-order valence-electron chi connectivity index (χ1n) is 7.28. The van der Waals surface area contributed by atoms with Crippen LogP contribution in [0.5, 0.6) is 0 Å². The van der Waals surface area contributed by atoms with Crippen molar-refractivity contribution in [2.75, 3.05) is 26.2 Å². The molecule has 1 aromatic heterocycles. The maximum Gasteiger partial charge on any atom is 0.180 e. The average Bonchev–Trinajstić information content (AvgIpc) is 3.01. The van der Waals surface area contributed by atoms with Gasteiger partial charge in [0.2, 0.25) is 0 Å². The van der Waals surface area contributed by atoms with Crippen LogP contribution >= 0.6 is 0 Å². The van der Waals surface area contributed by atoms with Crippen LogP contribution in [0.15, 0.2) is 0 Å². The molecule has 1 fully saturated rings. The molecule has 1 aliphatic rings. The maximum atomic E-state index is 9.15. The van der Waals surface area contributed by atoms with Gasteiger partial charge in [-0.05, 0) is 6.42 Å². The predicted molar refractivity (Wildman–Crippen MR) is 74.8 cm³/mol. The van der Waals surface area contributed by atoms with Gasteiger partial charge in [-0.1, -0.05) is 6.92 Å². The van der Waals surface area contributed by atoms with Crippen molar-refractivity contribution in [2.24, 2.45) is 5.92 Å². The van der Waals surface area contributed by atoms with E-state index in [2.05, 4.69) is 32.2 Å². The number of aromatic nitrogens is 3. The number of morpholine rings is 1. The molecule has 0 amide bonds. The molecule has 7 heteroatoms. The van der Waals surface area contributed by atoms with E-state index >= 15 is 0 Å². The van der Waals surface area contributed by atoms with Gasteiger partial charge in [0.25, 0.3) is 0 Å². The van der Waals surface area contributed by atoms with E-state index < -0.39 is 0 Å². The highest BCUT2D eigenvalue weighted by molar-refractivity contribution is 4.97. The fraction of sp³-hybridized carbons (Fsp3) is 0.714. The highest BCUT2D eigenvalue weighted by Gasteiger charge is 2.26. The highest BCUT2D eigenvalue weighted by atomic mass is 16.5. The Kier molecular flexibility index (Phi) is 5.68. The molecular weight excluding hydrogens is 268 g/mol. The lowest BCUT2D eigenvalue weighted by molar-refractivity contribution is -0.0369. The third-order valence-electron chi connectivity index (χ3n) is 3.59. The number of hydrogen-bond acceptors (Lipinski definition) is 6. The van der Waals surface area contributed by atoms with Crippen molar-refractivity contribution in [1.82, 2.24) is 20.1 Å². The van der Waals surface area contributed by atoms with Gasteiger partial charge in [0, 0.05) is 32.5 Å². The zero-order valence-corrected chi connectivity index (χ0v) is 12.2. The van der Waals surface area contributed by atoms with E-state index in [4.69, 9.17) is 15.3 Å². The fourth-order valence-electron chi connectivity index (χ4n) is 2.38. The second-order valence-electron chi connectivity index (χ2n) is 5.14. The van der Waals surface area contributed by atoms with Crippen LogP contribution in [-0.2, 0) is 11.2 Å². The molecule has 1 N–H and O–H groups in total. The molecule has 2 rings (SSSR count). The Labute approximate surface area is 124 Å². The first-order valence-corrected chi connectivity index (χ1v) is 7.28. The fourth-order valence-corrected chi connectivity index (χ4v) is 2.38. The standard InChI is InChI=1S/C14H20N6O/c1-2-13-17-14(19-18-13)12-10-20(6-7-21-12)9-11(8-16)4-3-5-15/h11-12H,2-4,6-7,9-10H2,1H3,(H,17,18,19)/t11-,12+/m0/s1. The zero-order valence-electron chi connectivity index (χ0n) is 12.2. The summed E-state index contributed by atoms with van der Waals surface area (Å²) < 4.78 is 5.73. The summed E-state index contributed by atoms with van der Waals surface area (Å²) in [5.41, 5.74) is 0. The van der Waals surface area contributed by atoms with Crippen LogP contribution in [0.25, 0.3) is 0 Å². The summed E-state index contributed by atoms with van der Waals surface area (Å²) in [5, 5.41) is 24.9. The lowest BCUT2D eigenvalue weighted by atomic mass is 10.0. The molecule has 1 aromatic rings. The molecule has 112 valence electrons. The summed E-state index contributed by atoms with van der Waals surface area (Å²) in [7, 11) is 0. The van der Waals surface area contributed by atoms with Gasteiger partial charge in [-0.3, -0.25) is 10.00 Å². The molecule has 21 heavy (non-hydrogen) atoms. The lowest BCUT2D eigenvalue weighted by Gasteiger charge is -2.32. The maximum absolute atomic E-state index is 9.15. The number of nitriles is 2. The smallest absolute Gasteiger partial charge is 0.180 e. The molecule has 0 bridgehead atoms.